The number of nitrogens with zero attached hydrogens (tertiary/aromatic N) is 2. The number of nitrogens with one attached hydrogen (secondary N) is 1. The number of hydrogen-bond donors (Lipinski definition) is 2. The maximum Gasteiger partial charge on any atom is 0.329 e. The smallest absolute Gasteiger partial charge is 0.329 e. The molecule has 2 heterocycles. The Bertz CT molecular complexity index is 482. The number of carbonyl (C=O) groups excluding carboxylic acids is 2. The van der Waals surface area contributed by atoms with Gasteiger partial charge in [-0.1, -0.05) is 13.3 Å². The van der Waals surface area contributed by atoms with Crippen LogP contribution in [0.3, 0.4) is 0 Å². The number of rotatable bonds is 5. The first-order valence-corrected chi connectivity index (χ1v) is 8.96. The lowest BCUT2D eigenvalue weighted by Crippen LogP contribution is -2.55. The second-order valence-corrected chi connectivity index (χ2v) is 7.11. The fourth-order valence-corrected chi connectivity index (χ4v) is 3.54. The summed E-state index contributed by atoms with van der Waals surface area (Å²) in [5.74, 6) is -1.43. The molecule has 2 aliphatic rings. The highest BCUT2D eigenvalue weighted by atomic mass is 16.4. The molecule has 1 atom stereocenters. The van der Waals surface area contributed by atoms with E-state index in [0.29, 0.717) is 38.8 Å². The molecule has 24 heavy (non-hydrogen) atoms. The van der Waals surface area contributed by atoms with Gasteiger partial charge in [0.05, 0.1) is 0 Å². The summed E-state index contributed by atoms with van der Waals surface area (Å²) in [4.78, 5) is 39.9. The zero-order valence-corrected chi connectivity index (χ0v) is 14.7. The number of aliphatic carboxylic acids is 1. The minimum Gasteiger partial charge on any atom is -0.480 e. The molecule has 0 radical (unpaired) electrons. The highest BCUT2D eigenvalue weighted by molar-refractivity contribution is 5.88. The van der Waals surface area contributed by atoms with Crippen LogP contribution in [0.4, 0.5) is 4.79 Å². The van der Waals surface area contributed by atoms with Crippen LogP contribution in [-0.4, -0.2) is 64.5 Å². The van der Waals surface area contributed by atoms with E-state index in [1.807, 2.05) is 16.7 Å². The average Bonchev–Trinajstić information content (AvgIpc) is 3.08. The van der Waals surface area contributed by atoms with Crippen molar-refractivity contribution in [2.24, 2.45) is 5.92 Å². The Hall–Kier alpha value is -1.79. The van der Waals surface area contributed by atoms with Gasteiger partial charge >= 0.3 is 12.0 Å². The molecule has 136 valence electrons. The van der Waals surface area contributed by atoms with Gasteiger partial charge in [-0.2, -0.15) is 0 Å². The molecule has 2 rings (SSSR count). The predicted molar refractivity (Wildman–Crippen MR) is 89.6 cm³/mol. The Labute approximate surface area is 143 Å². The van der Waals surface area contributed by atoms with Gasteiger partial charge in [0.25, 0.3) is 0 Å². The molecule has 0 aromatic heterocycles. The standard InChI is InChI=1S/C17H29N3O4/c1-3-8-17(2,15(22)23)18-14(21)13-6-11-20(12-7-13)16(24)19-9-4-5-10-19/h13H,3-12H2,1-2H3,(H,18,21)(H,22,23). The van der Waals surface area contributed by atoms with Crippen molar-refractivity contribution in [3.63, 3.8) is 0 Å². The van der Waals surface area contributed by atoms with E-state index in [1.54, 1.807) is 6.92 Å². The van der Waals surface area contributed by atoms with Crippen LogP contribution >= 0.6 is 0 Å². The van der Waals surface area contributed by atoms with Gasteiger partial charge in [0, 0.05) is 32.1 Å². The van der Waals surface area contributed by atoms with Gasteiger partial charge in [0.15, 0.2) is 0 Å². The Balaban J connectivity index is 1.85. The Morgan fingerprint density at radius 1 is 1.08 bits per heavy atom. The fourth-order valence-electron chi connectivity index (χ4n) is 3.54. The maximum absolute atomic E-state index is 12.4. The number of likely N-dealkylation sites (tertiary alicyclic amines) is 2. The number of amides is 3. The minimum atomic E-state index is -1.21. The van der Waals surface area contributed by atoms with Gasteiger partial charge in [-0.3, -0.25) is 4.79 Å². The minimum absolute atomic E-state index is 0.0766. The quantitative estimate of drug-likeness (QED) is 0.797. The van der Waals surface area contributed by atoms with Crippen LogP contribution in [0.15, 0.2) is 0 Å². The monoisotopic (exact) mass is 339 g/mol. The normalized spacial score (nSPS) is 21.4. The zero-order valence-electron chi connectivity index (χ0n) is 14.7. The van der Waals surface area contributed by atoms with Crippen LogP contribution in [0.2, 0.25) is 0 Å². The van der Waals surface area contributed by atoms with Crippen molar-refractivity contribution in [2.45, 2.75) is 57.9 Å². The first kappa shape index (κ1) is 18.5. The number of carboxylic acids is 1. The molecule has 0 aromatic carbocycles. The van der Waals surface area contributed by atoms with Crippen molar-refractivity contribution in [2.75, 3.05) is 26.2 Å². The van der Waals surface area contributed by atoms with Crippen LogP contribution in [-0.2, 0) is 9.59 Å². The van der Waals surface area contributed by atoms with Crippen LogP contribution in [0.25, 0.3) is 0 Å². The number of urea groups is 1. The van der Waals surface area contributed by atoms with Crippen LogP contribution in [0.5, 0.6) is 0 Å². The molecule has 0 spiro atoms. The molecule has 2 N–H and O–H groups in total. The number of carbonyl (C=O) groups is 3. The molecule has 2 aliphatic heterocycles. The third-order valence-electron chi connectivity index (χ3n) is 5.13. The van der Waals surface area contributed by atoms with E-state index >= 15 is 0 Å². The third-order valence-corrected chi connectivity index (χ3v) is 5.13. The van der Waals surface area contributed by atoms with Crippen molar-refractivity contribution in [1.82, 2.24) is 15.1 Å². The van der Waals surface area contributed by atoms with Crippen molar-refractivity contribution >= 4 is 17.9 Å². The summed E-state index contributed by atoms with van der Waals surface area (Å²) in [6.07, 6.45) is 4.40. The van der Waals surface area contributed by atoms with E-state index in [4.69, 9.17) is 0 Å². The predicted octanol–water partition coefficient (Wildman–Crippen LogP) is 1.67. The Morgan fingerprint density at radius 3 is 2.12 bits per heavy atom. The first-order chi connectivity index (χ1) is 11.4. The fraction of sp³-hybridized carbons (Fsp3) is 0.824. The maximum atomic E-state index is 12.4. The largest absolute Gasteiger partial charge is 0.480 e. The Morgan fingerprint density at radius 2 is 1.62 bits per heavy atom. The van der Waals surface area contributed by atoms with Gasteiger partial charge in [0.2, 0.25) is 5.91 Å². The number of piperidine rings is 1. The molecular formula is C17H29N3O4. The molecule has 7 nitrogen and oxygen atoms in total. The molecule has 0 saturated carbocycles. The molecule has 0 aromatic rings. The summed E-state index contributed by atoms with van der Waals surface area (Å²) >= 11 is 0. The molecule has 2 fully saturated rings. The second-order valence-electron chi connectivity index (χ2n) is 7.11. The number of carboxylic acid groups (broad SMARTS) is 1. The highest BCUT2D eigenvalue weighted by Gasteiger charge is 2.37. The van der Waals surface area contributed by atoms with E-state index in [-0.39, 0.29) is 17.9 Å². The van der Waals surface area contributed by atoms with Crippen LogP contribution < -0.4 is 5.32 Å². The highest BCUT2D eigenvalue weighted by Crippen LogP contribution is 2.22. The molecule has 1 unspecified atom stereocenters. The summed E-state index contributed by atoms with van der Waals surface area (Å²) < 4.78 is 0. The molecule has 7 heteroatoms. The Kier molecular flexibility index (Phi) is 6.07. The summed E-state index contributed by atoms with van der Waals surface area (Å²) in [5.41, 5.74) is -1.21. The van der Waals surface area contributed by atoms with E-state index in [9.17, 15) is 19.5 Å². The zero-order chi connectivity index (χ0) is 17.7. The summed E-state index contributed by atoms with van der Waals surface area (Å²) in [7, 11) is 0. The SMILES string of the molecule is CCCC(C)(NC(=O)C1CCN(C(=O)N2CCCC2)CC1)C(=O)O. The van der Waals surface area contributed by atoms with Crippen molar-refractivity contribution < 1.29 is 19.5 Å². The first-order valence-electron chi connectivity index (χ1n) is 8.96. The molecule has 0 aliphatic carbocycles. The van der Waals surface area contributed by atoms with E-state index < -0.39 is 11.5 Å². The second kappa shape index (κ2) is 7.85. The van der Waals surface area contributed by atoms with E-state index in [0.717, 1.165) is 25.9 Å². The lowest BCUT2D eigenvalue weighted by atomic mass is 9.91. The van der Waals surface area contributed by atoms with Gasteiger partial charge < -0.3 is 20.2 Å². The van der Waals surface area contributed by atoms with E-state index in [1.165, 1.54) is 0 Å². The van der Waals surface area contributed by atoms with Crippen molar-refractivity contribution in [1.29, 1.82) is 0 Å². The van der Waals surface area contributed by atoms with Gasteiger partial charge in [0.1, 0.15) is 5.54 Å². The van der Waals surface area contributed by atoms with E-state index in [2.05, 4.69) is 5.32 Å². The lowest BCUT2D eigenvalue weighted by Gasteiger charge is -2.35. The number of hydrogen-bond acceptors (Lipinski definition) is 3. The molecule has 2 saturated heterocycles. The lowest BCUT2D eigenvalue weighted by molar-refractivity contribution is -0.148. The topological polar surface area (TPSA) is 90.0 Å². The van der Waals surface area contributed by atoms with Gasteiger partial charge in [-0.05, 0) is 39.0 Å². The van der Waals surface area contributed by atoms with Crippen LogP contribution in [0, 0.1) is 5.92 Å². The summed E-state index contributed by atoms with van der Waals surface area (Å²) in [6.45, 7) is 6.23. The summed E-state index contributed by atoms with van der Waals surface area (Å²) in [6, 6.07) is 0.0766. The van der Waals surface area contributed by atoms with Crippen molar-refractivity contribution in [3.8, 4) is 0 Å². The third kappa shape index (κ3) is 4.19. The molecule has 0 bridgehead atoms. The molecule has 3 amide bonds. The average molecular weight is 339 g/mol. The summed E-state index contributed by atoms with van der Waals surface area (Å²) in [5, 5.41) is 12.1. The van der Waals surface area contributed by atoms with Gasteiger partial charge in [-0.25, -0.2) is 9.59 Å². The van der Waals surface area contributed by atoms with Crippen molar-refractivity contribution in [3.05, 3.63) is 0 Å². The molecular weight excluding hydrogens is 310 g/mol. The van der Waals surface area contributed by atoms with Gasteiger partial charge in [-0.15, -0.1) is 0 Å². The van der Waals surface area contributed by atoms with Crippen LogP contribution in [0.1, 0.15) is 52.4 Å².